The normalized spacial score (nSPS) is 46.2. The van der Waals surface area contributed by atoms with E-state index < -0.39 is 22.2 Å². The highest BCUT2D eigenvalue weighted by molar-refractivity contribution is 5.90. The Kier molecular flexibility index (Phi) is 4.61. The molecule has 0 aliphatic heterocycles. The van der Waals surface area contributed by atoms with Gasteiger partial charge in [0.15, 0.2) is 0 Å². The molecule has 0 saturated heterocycles. The molecule has 4 nitrogen and oxygen atoms in total. The smallest absolute Gasteiger partial charge is 0.315 e. The molecule has 4 aliphatic carbocycles. The van der Waals surface area contributed by atoms with Crippen LogP contribution in [0.15, 0.2) is 11.6 Å². The fraction of sp³-hybridized carbons (Fsp3) is 0.833. The fourth-order valence-electron chi connectivity index (χ4n) is 8.11. The van der Waals surface area contributed by atoms with Gasteiger partial charge in [0.25, 0.3) is 0 Å². The van der Waals surface area contributed by atoms with Gasteiger partial charge in [-0.25, -0.2) is 0 Å². The number of carboxylic acids is 1. The lowest BCUT2D eigenvalue weighted by Crippen LogP contribution is -2.63. The van der Waals surface area contributed by atoms with Crippen molar-refractivity contribution in [2.45, 2.75) is 60.3 Å². The molecule has 4 bridgehead atoms. The maximum atomic E-state index is 13.2. The van der Waals surface area contributed by atoms with Gasteiger partial charge in [0, 0.05) is 12.0 Å². The molecule has 4 unspecified atom stereocenters. The molecular formula is C24H36O4. The number of aldehydes is 1. The molecule has 0 aromatic rings. The number of hydrogen-bond acceptors (Lipinski definition) is 3. The predicted molar refractivity (Wildman–Crippen MR) is 108 cm³/mol. The first kappa shape index (κ1) is 20.1. The summed E-state index contributed by atoms with van der Waals surface area (Å²) in [4.78, 5) is 26.0. The molecule has 1 N–H and O–H groups in total. The summed E-state index contributed by atoms with van der Waals surface area (Å²) in [7, 11) is 0. The number of hydrogen-bond donors (Lipinski definition) is 1. The van der Waals surface area contributed by atoms with Crippen molar-refractivity contribution in [3.8, 4) is 0 Å². The van der Waals surface area contributed by atoms with E-state index in [-0.39, 0.29) is 17.8 Å². The average Bonchev–Trinajstić information content (AvgIpc) is 3.18. The van der Waals surface area contributed by atoms with E-state index in [4.69, 9.17) is 4.74 Å². The molecule has 0 heterocycles. The molecule has 0 amide bonds. The zero-order chi connectivity index (χ0) is 20.5. The molecule has 0 spiro atoms. The minimum absolute atomic E-state index is 0.126. The van der Waals surface area contributed by atoms with E-state index in [1.165, 1.54) is 0 Å². The van der Waals surface area contributed by atoms with Crippen LogP contribution in [0.5, 0.6) is 0 Å². The summed E-state index contributed by atoms with van der Waals surface area (Å²) >= 11 is 0. The Hall–Kier alpha value is -1.16. The third-order valence-corrected chi connectivity index (χ3v) is 8.93. The van der Waals surface area contributed by atoms with Crippen LogP contribution in [0.25, 0.3) is 0 Å². The minimum atomic E-state index is -1.09. The molecule has 4 aliphatic rings. The highest BCUT2D eigenvalue weighted by Crippen LogP contribution is 2.82. The molecule has 0 radical (unpaired) electrons. The Morgan fingerprint density at radius 1 is 1.29 bits per heavy atom. The molecule has 4 heteroatoms. The quantitative estimate of drug-likeness (QED) is 0.512. The molecule has 3 saturated carbocycles. The Morgan fingerprint density at radius 2 is 2.00 bits per heavy atom. The second-order valence-electron chi connectivity index (χ2n) is 10.9. The fourth-order valence-corrected chi connectivity index (χ4v) is 8.11. The summed E-state index contributed by atoms with van der Waals surface area (Å²) in [6.45, 7) is 11.8. The third kappa shape index (κ3) is 2.11. The lowest BCUT2D eigenvalue weighted by Gasteiger charge is -2.58. The third-order valence-electron chi connectivity index (χ3n) is 8.93. The highest BCUT2D eigenvalue weighted by atomic mass is 16.5. The van der Waals surface area contributed by atoms with Gasteiger partial charge in [0.2, 0.25) is 0 Å². The van der Waals surface area contributed by atoms with Crippen molar-refractivity contribution in [1.82, 2.24) is 0 Å². The molecule has 0 aromatic carbocycles. The Balaban J connectivity index is 1.90. The molecule has 4 rings (SSSR count). The van der Waals surface area contributed by atoms with E-state index in [2.05, 4.69) is 40.7 Å². The maximum absolute atomic E-state index is 13.2. The van der Waals surface area contributed by atoms with Gasteiger partial charge in [-0.05, 0) is 54.8 Å². The van der Waals surface area contributed by atoms with Gasteiger partial charge in [-0.15, -0.1) is 0 Å². The summed E-state index contributed by atoms with van der Waals surface area (Å²) in [6.07, 6.45) is 7.00. The SMILES string of the molecule is CC(C)COCC12CC3C(C)CCC3[C@@]3(C=O)C[C@H]1C=C(C(C)C)[C@@]23C(=O)O. The Bertz CT molecular complexity index is 709. The van der Waals surface area contributed by atoms with Crippen LogP contribution in [0, 0.1) is 51.8 Å². The Labute approximate surface area is 169 Å². The van der Waals surface area contributed by atoms with Gasteiger partial charge in [-0.3, -0.25) is 4.79 Å². The van der Waals surface area contributed by atoms with Crippen LogP contribution in [-0.2, 0) is 14.3 Å². The number of aliphatic carboxylic acids is 1. The van der Waals surface area contributed by atoms with E-state index in [1.54, 1.807) is 0 Å². The van der Waals surface area contributed by atoms with E-state index in [0.717, 1.165) is 31.1 Å². The number of fused-ring (bicyclic) bond motifs is 2. The summed E-state index contributed by atoms with van der Waals surface area (Å²) in [5.41, 5.74) is -1.35. The molecule has 7 atom stereocenters. The standard InChI is InChI=1S/C24H36O4/c1-14(2)11-28-13-23-10-18-16(5)6-7-19(18)22(12-25)9-17(23)8-20(15(3)4)24(22,23)21(26)27/h8,12,14-19H,6-7,9-11,13H2,1-5H3,(H,26,27)/t16?,17-,18?,19?,22+,23?,24+/m1/s1. The lowest BCUT2D eigenvalue weighted by atomic mass is 9.43. The molecular weight excluding hydrogens is 352 g/mol. The molecule has 28 heavy (non-hydrogen) atoms. The van der Waals surface area contributed by atoms with E-state index in [1.807, 2.05) is 0 Å². The zero-order valence-electron chi connectivity index (χ0n) is 18.0. The average molecular weight is 389 g/mol. The molecule has 0 aromatic heterocycles. The summed E-state index contributed by atoms with van der Waals surface area (Å²) < 4.78 is 6.20. The van der Waals surface area contributed by atoms with Crippen molar-refractivity contribution in [3.05, 3.63) is 11.6 Å². The van der Waals surface area contributed by atoms with Crippen molar-refractivity contribution in [1.29, 1.82) is 0 Å². The van der Waals surface area contributed by atoms with Crippen molar-refractivity contribution < 1.29 is 19.4 Å². The van der Waals surface area contributed by atoms with Crippen LogP contribution in [-0.4, -0.2) is 30.6 Å². The second kappa shape index (κ2) is 6.42. The predicted octanol–water partition coefficient (Wildman–Crippen LogP) is 4.58. The monoisotopic (exact) mass is 388 g/mol. The van der Waals surface area contributed by atoms with Gasteiger partial charge in [0.1, 0.15) is 11.7 Å². The number of allylic oxidation sites excluding steroid dienone is 1. The number of carboxylic acid groups (broad SMARTS) is 1. The van der Waals surface area contributed by atoms with Crippen molar-refractivity contribution in [3.63, 3.8) is 0 Å². The van der Waals surface area contributed by atoms with Crippen molar-refractivity contribution >= 4 is 12.3 Å². The minimum Gasteiger partial charge on any atom is -0.481 e. The van der Waals surface area contributed by atoms with E-state index >= 15 is 0 Å². The van der Waals surface area contributed by atoms with Gasteiger partial charge < -0.3 is 14.6 Å². The van der Waals surface area contributed by atoms with Crippen LogP contribution in [0.4, 0.5) is 0 Å². The first-order valence-electron chi connectivity index (χ1n) is 11.2. The first-order chi connectivity index (χ1) is 13.2. The van der Waals surface area contributed by atoms with Crippen LogP contribution < -0.4 is 0 Å². The summed E-state index contributed by atoms with van der Waals surface area (Å²) in [6, 6.07) is 0. The van der Waals surface area contributed by atoms with Gasteiger partial charge in [-0.1, -0.05) is 52.7 Å². The van der Waals surface area contributed by atoms with Crippen LogP contribution >= 0.6 is 0 Å². The summed E-state index contributed by atoms with van der Waals surface area (Å²) in [5, 5.41) is 10.8. The zero-order valence-corrected chi connectivity index (χ0v) is 18.0. The van der Waals surface area contributed by atoms with Gasteiger partial charge in [0.05, 0.1) is 12.0 Å². The maximum Gasteiger partial charge on any atom is 0.315 e. The Morgan fingerprint density at radius 3 is 2.57 bits per heavy atom. The van der Waals surface area contributed by atoms with Crippen molar-refractivity contribution in [2.75, 3.05) is 13.2 Å². The number of rotatable bonds is 7. The lowest BCUT2D eigenvalue weighted by molar-refractivity contribution is -0.186. The highest BCUT2D eigenvalue weighted by Gasteiger charge is 2.84. The van der Waals surface area contributed by atoms with Gasteiger partial charge in [-0.2, -0.15) is 0 Å². The van der Waals surface area contributed by atoms with E-state index in [9.17, 15) is 14.7 Å². The van der Waals surface area contributed by atoms with Crippen LogP contribution in [0.1, 0.15) is 60.3 Å². The number of ether oxygens (including phenoxy) is 1. The van der Waals surface area contributed by atoms with Crippen LogP contribution in [0.2, 0.25) is 0 Å². The van der Waals surface area contributed by atoms with E-state index in [0.29, 0.717) is 37.4 Å². The second-order valence-corrected chi connectivity index (χ2v) is 10.9. The van der Waals surface area contributed by atoms with Gasteiger partial charge >= 0.3 is 5.97 Å². The topological polar surface area (TPSA) is 63.6 Å². The first-order valence-corrected chi connectivity index (χ1v) is 11.2. The molecule has 3 fully saturated rings. The molecule has 156 valence electrons. The number of carbonyl (C=O) groups excluding carboxylic acids is 1. The summed E-state index contributed by atoms with van der Waals surface area (Å²) in [5.74, 6) is 1.07. The van der Waals surface area contributed by atoms with Crippen LogP contribution in [0.3, 0.4) is 0 Å². The number of carbonyl (C=O) groups is 2. The largest absolute Gasteiger partial charge is 0.481 e. The van der Waals surface area contributed by atoms with Crippen molar-refractivity contribution in [2.24, 2.45) is 51.8 Å².